The largest absolute Gasteiger partial charge is 0.336 e. The summed E-state index contributed by atoms with van der Waals surface area (Å²) < 4.78 is 0. The van der Waals surface area contributed by atoms with Crippen LogP contribution in [0.25, 0.3) is 0 Å². The lowest BCUT2D eigenvalue weighted by Gasteiger charge is -2.29. The van der Waals surface area contributed by atoms with Crippen LogP contribution in [0.3, 0.4) is 0 Å². The molecule has 0 unspecified atom stereocenters. The van der Waals surface area contributed by atoms with E-state index in [1.54, 1.807) is 0 Å². The van der Waals surface area contributed by atoms with Crippen LogP contribution in [0.2, 0.25) is 5.02 Å². The van der Waals surface area contributed by atoms with Gasteiger partial charge in [-0.3, -0.25) is 4.79 Å². The summed E-state index contributed by atoms with van der Waals surface area (Å²) in [5, 5.41) is 6.87. The molecule has 1 aromatic heterocycles. The van der Waals surface area contributed by atoms with Crippen molar-refractivity contribution in [1.29, 1.82) is 0 Å². The van der Waals surface area contributed by atoms with Crippen molar-refractivity contribution in [1.82, 2.24) is 15.0 Å². The van der Waals surface area contributed by atoms with Crippen LogP contribution >= 0.6 is 11.6 Å². The number of hydrogen-bond acceptors (Lipinski definition) is 6. The number of aromatic nitrogens is 3. The Bertz CT molecular complexity index is 1070. The summed E-state index contributed by atoms with van der Waals surface area (Å²) >= 11 is 6.31. The molecule has 8 heteroatoms. The van der Waals surface area contributed by atoms with Crippen LogP contribution < -0.4 is 15.5 Å². The number of carbonyl (C=O) groups excluding carboxylic acids is 1. The minimum Gasteiger partial charge on any atom is -0.336 e. The van der Waals surface area contributed by atoms with E-state index in [4.69, 9.17) is 11.6 Å². The second-order valence-electron chi connectivity index (χ2n) is 6.94. The van der Waals surface area contributed by atoms with Gasteiger partial charge in [-0.25, -0.2) is 9.97 Å². The van der Waals surface area contributed by atoms with Crippen LogP contribution in [0.1, 0.15) is 23.6 Å². The molecule has 2 N–H and O–H groups in total. The molecule has 29 heavy (non-hydrogen) atoms. The third-order valence-corrected chi connectivity index (χ3v) is 5.30. The first-order chi connectivity index (χ1) is 14.0. The van der Waals surface area contributed by atoms with Crippen LogP contribution in [-0.2, 0) is 17.8 Å². The maximum Gasteiger partial charge on any atom is 0.232 e. The highest BCUT2D eigenvalue weighted by Gasteiger charge is 2.20. The van der Waals surface area contributed by atoms with Crippen LogP contribution in [0, 0.1) is 6.92 Å². The molecule has 148 valence electrons. The lowest BCUT2D eigenvalue weighted by atomic mass is 10.00. The second kappa shape index (κ2) is 8.05. The highest BCUT2D eigenvalue weighted by atomic mass is 35.5. The van der Waals surface area contributed by atoms with Crippen molar-refractivity contribution in [3.63, 3.8) is 0 Å². The van der Waals surface area contributed by atoms with E-state index in [9.17, 15) is 4.79 Å². The molecule has 0 atom stereocenters. The molecular weight excluding hydrogens is 388 g/mol. The molecular formula is C21H21ClN6O. The molecule has 4 rings (SSSR count). The predicted octanol–water partition coefficient (Wildman–Crippen LogP) is 4.10. The number of halogens is 1. The average Bonchev–Trinajstić information content (AvgIpc) is 2.71. The molecule has 0 fully saturated rings. The summed E-state index contributed by atoms with van der Waals surface area (Å²) in [5.41, 5.74) is 4.87. The summed E-state index contributed by atoms with van der Waals surface area (Å²) in [4.78, 5) is 26.7. The number of anilines is 4. The van der Waals surface area contributed by atoms with Gasteiger partial charge in [0.05, 0.1) is 0 Å². The molecule has 0 saturated carbocycles. The number of amides is 1. The Morgan fingerprint density at radius 3 is 2.76 bits per heavy atom. The quantitative estimate of drug-likeness (QED) is 0.676. The number of benzene rings is 2. The Labute approximate surface area is 174 Å². The summed E-state index contributed by atoms with van der Waals surface area (Å²) in [7, 11) is 0. The van der Waals surface area contributed by atoms with Crippen molar-refractivity contribution in [2.45, 2.75) is 26.8 Å². The number of nitrogens with one attached hydrogen (secondary N) is 2. The van der Waals surface area contributed by atoms with Crippen molar-refractivity contribution in [3.8, 4) is 0 Å². The standard InChI is InChI=1S/C21H21ClN6O/c1-13-18(25-14(2)29)7-4-8-19(13)26-20-23-12-24-21(27-20)28-10-9-16-15(11-28)5-3-6-17(16)22/h3-8,12H,9-11H2,1-2H3,(H,25,29)(H,23,24,26,27). The highest BCUT2D eigenvalue weighted by molar-refractivity contribution is 6.31. The predicted molar refractivity (Wildman–Crippen MR) is 115 cm³/mol. The van der Waals surface area contributed by atoms with E-state index in [2.05, 4.69) is 36.6 Å². The van der Waals surface area contributed by atoms with Gasteiger partial charge in [0.2, 0.25) is 17.8 Å². The third-order valence-electron chi connectivity index (χ3n) is 4.94. The van der Waals surface area contributed by atoms with Gasteiger partial charge in [0, 0.05) is 36.4 Å². The van der Waals surface area contributed by atoms with Gasteiger partial charge in [-0.05, 0) is 48.2 Å². The van der Waals surface area contributed by atoms with Crippen molar-refractivity contribution in [2.24, 2.45) is 0 Å². The van der Waals surface area contributed by atoms with Crippen molar-refractivity contribution >= 4 is 40.8 Å². The fraction of sp³-hybridized carbons (Fsp3) is 0.238. The van der Waals surface area contributed by atoms with Gasteiger partial charge in [-0.2, -0.15) is 4.98 Å². The molecule has 0 spiro atoms. The van der Waals surface area contributed by atoms with Crippen LogP contribution in [0.4, 0.5) is 23.3 Å². The Balaban J connectivity index is 1.55. The Morgan fingerprint density at radius 1 is 1.14 bits per heavy atom. The van der Waals surface area contributed by atoms with E-state index in [1.165, 1.54) is 24.4 Å². The zero-order valence-corrected chi connectivity index (χ0v) is 17.0. The van der Waals surface area contributed by atoms with Gasteiger partial charge < -0.3 is 15.5 Å². The third kappa shape index (κ3) is 4.14. The topological polar surface area (TPSA) is 83.0 Å². The number of nitrogens with zero attached hydrogens (tertiary/aromatic N) is 4. The van der Waals surface area contributed by atoms with Gasteiger partial charge in [0.25, 0.3) is 0 Å². The number of hydrogen-bond donors (Lipinski definition) is 2. The zero-order valence-electron chi connectivity index (χ0n) is 16.2. The van der Waals surface area contributed by atoms with E-state index in [0.29, 0.717) is 18.4 Å². The van der Waals surface area contributed by atoms with E-state index in [1.807, 2.05) is 37.3 Å². The molecule has 0 radical (unpaired) electrons. The minimum atomic E-state index is -0.113. The van der Waals surface area contributed by atoms with Crippen LogP contribution in [0.15, 0.2) is 42.7 Å². The van der Waals surface area contributed by atoms with Gasteiger partial charge in [-0.1, -0.05) is 29.8 Å². The van der Waals surface area contributed by atoms with Crippen molar-refractivity contribution in [2.75, 3.05) is 22.1 Å². The van der Waals surface area contributed by atoms with Gasteiger partial charge >= 0.3 is 0 Å². The van der Waals surface area contributed by atoms with E-state index in [0.717, 1.165) is 34.9 Å². The normalized spacial score (nSPS) is 13.0. The zero-order chi connectivity index (χ0) is 20.4. The summed E-state index contributed by atoms with van der Waals surface area (Å²) in [6, 6.07) is 11.6. The lowest BCUT2D eigenvalue weighted by molar-refractivity contribution is -0.114. The number of carbonyl (C=O) groups is 1. The van der Waals surface area contributed by atoms with E-state index < -0.39 is 0 Å². The molecule has 0 saturated heterocycles. The van der Waals surface area contributed by atoms with E-state index >= 15 is 0 Å². The first-order valence-corrected chi connectivity index (χ1v) is 9.73. The van der Waals surface area contributed by atoms with Gasteiger partial charge in [0.15, 0.2) is 0 Å². The lowest BCUT2D eigenvalue weighted by Crippen LogP contribution is -2.32. The molecule has 3 aromatic rings. The van der Waals surface area contributed by atoms with Gasteiger partial charge in [0.1, 0.15) is 6.33 Å². The minimum absolute atomic E-state index is 0.113. The Hall–Kier alpha value is -3.19. The molecule has 2 aromatic carbocycles. The summed E-state index contributed by atoms with van der Waals surface area (Å²) in [5.74, 6) is 0.956. The first kappa shape index (κ1) is 19.1. The smallest absolute Gasteiger partial charge is 0.232 e. The first-order valence-electron chi connectivity index (χ1n) is 9.36. The molecule has 1 aliphatic rings. The van der Waals surface area contributed by atoms with Crippen molar-refractivity contribution < 1.29 is 4.79 Å². The maximum absolute atomic E-state index is 11.4. The fourth-order valence-electron chi connectivity index (χ4n) is 3.45. The molecule has 0 bridgehead atoms. The number of rotatable bonds is 4. The monoisotopic (exact) mass is 408 g/mol. The Morgan fingerprint density at radius 2 is 1.93 bits per heavy atom. The van der Waals surface area contributed by atoms with E-state index in [-0.39, 0.29) is 5.91 Å². The summed E-state index contributed by atoms with van der Waals surface area (Å²) in [6.45, 7) is 4.91. The average molecular weight is 409 g/mol. The van der Waals surface area contributed by atoms with Crippen LogP contribution in [-0.4, -0.2) is 27.4 Å². The molecule has 0 aliphatic carbocycles. The van der Waals surface area contributed by atoms with Gasteiger partial charge in [-0.15, -0.1) is 0 Å². The molecule has 7 nitrogen and oxygen atoms in total. The molecule has 2 heterocycles. The highest BCUT2D eigenvalue weighted by Crippen LogP contribution is 2.29. The molecule has 1 amide bonds. The molecule has 1 aliphatic heterocycles. The Kier molecular flexibility index (Phi) is 5.31. The second-order valence-corrected chi connectivity index (χ2v) is 7.35. The number of fused-ring (bicyclic) bond motifs is 1. The van der Waals surface area contributed by atoms with Crippen LogP contribution in [0.5, 0.6) is 0 Å². The fourth-order valence-corrected chi connectivity index (χ4v) is 3.74. The SMILES string of the molecule is CC(=O)Nc1cccc(Nc2ncnc(N3CCc4c(Cl)cccc4C3)n2)c1C. The summed E-state index contributed by atoms with van der Waals surface area (Å²) in [6.07, 6.45) is 2.35. The van der Waals surface area contributed by atoms with Crippen molar-refractivity contribution in [3.05, 3.63) is 64.4 Å². The maximum atomic E-state index is 11.4.